The van der Waals surface area contributed by atoms with Crippen LogP contribution in [-0.2, 0) is 11.3 Å². The highest BCUT2D eigenvalue weighted by Crippen LogP contribution is 2.28. The average Bonchev–Trinajstić information content (AvgIpc) is 3.33. The molecular weight excluding hydrogens is 374 g/mol. The highest BCUT2D eigenvalue weighted by molar-refractivity contribution is 7.99. The number of imidazole rings is 1. The molecule has 0 fully saturated rings. The second-order valence-electron chi connectivity index (χ2n) is 6.20. The van der Waals surface area contributed by atoms with E-state index in [1.54, 1.807) is 11.3 Å². The molecule has 1 N–H and O–H groups in total. The van der Waals surface area contributed by atoms with Gasteiger partial charge < -0.3 is 5.32 Å². The molecule has 0 aliphatic heterocycles. The number of carbonyl (C=O) groups excluding carboxylic acids is 1. The summed E-state index contributed by atoms with van der Waals surface area (Å²) in [6.07, 6.45) is 0. The van der Waals surface area contributed by atoms with E-state index in [-0.39, 0.29) is 5.91 Å². The third-order valence-corrected chi connectivity index (χ3v) is 6.01. The van der Waals surface area contributed by atoms with Crippen molar-refractivity contribution in [1.82, 2.24) is 14.9 Å². The van der Waals surface area contributed by atoms with Crippen LogP contribution in [-0.4, -0.2) is 21.2 Å². The first-order valence-electron chi connectivity index (χ1n) is 8.67. The lowest BCUT2D eigenvalue weighted by atomic mass is 10.2. The summed E-state index contributed by atoms with van der Waals surface area (Å²) in [6.45, 7) is 2.65. The molecule has 0 bridgehead atoms. The number of thiophene rings is 1. The Morgan fingerprint density at radius 1 is 1.11 bits per heavy atom. The van der Waals surface area contributed by atoms with Crippen LogP contribution < -0.4 is 5.32 Å². The summed E-state index contributed by atoms with van der Waals surface area (Å²) in [4.78, 5) is 18.1. The van der Waals surface area contributed by atoms with Gasteiger partial charge in [-0.05, 0) is 42.6 Å². The Kier molecular flexibility index (Phi) is 5.27. The molecule has 4 nitrogen and oxygen atoms in total. The monoisotopic (exact) mass is 393 g/mol. The lowest BCUT2D eigenvalue weighted by Crippen LogP contribution is -2.24. The predicted molar refractivity (Wildman–Crippen MR) is 113 cm³/mol. The summed E-state index contributed by atoms with van der Waals surface area (Å²) < 4.78 is 2.12. The molecular formula is C21H19N3OS2. The summed E-state index contributed by atoms with van der Waals surface area (Å²) in [5.41, 5.74) is 4.24. The second-order valence-corrected chi connectivity index (χ2v) is 8.17. The average molecular weight is 394 g/mol. The largest absolute Gasteiger partial charge is 0.350 e. The fourth-order valence-electron chi connectivity index (χ4n) is 2.82. The van der Waals surface area contributed by atoms with Crippen LogP contribution in [0.5, 0.6) is 0 Å². The van der Waals surface area contributed by atoms with Gasteiger partial charge in [0.1, 0.15) is 0 Å². The number of hydrogen-bond acceptors (Lipinski definition) is 4. The second kappa shape index (κ2) is 7.98. The molecule has 4 rings (SSSR count). The Bertz CT molecular complexity index is 1050. The summed E-state index contributed by atoms with van der Waals surface area (Å²) in [5, 5.41) is 5.81. The van der Waals surface area contributed by atoms with Gasteiger partial charge in [-0.1, -0.05) is 47.7 Å². The maximum atomic E-state index is 12.3. The molecule has 136 valence electrons. The van der Waals surface area contributed by atoms with Crippen molar-refractivity contribution < 1.29 is 4.79 Å². The van der Waals surface area contributed by atoms with Gasteiger partial charge in [0.05, 0.1) is 23.3 Å². The summed E-state index contributed by atoms with van der Waals surface area (Å²) in [6, 6.07) is 20.4. The minimum atomic E-state index is 0.0101. The normalized spacial score (nSPS) is 11.0. The van der Waals surface area contributed by atoms with Gasteiger partial charge in [-0.25, -0.2) is 4.98 Å². The fourth-order valence-corrected chi connectivity index (χ4v) is 4.33. The van der Waals surface area contributed by atoms with Gasteiger partial charge >= 0.3 is 0 Å². The summed E-state index contributed by atoms with van der Waals surface area (Å²) in [7, 11) is 0. The van der Waals surface area contributed by atoms with Gasteiger partial charge in [0, 0.05) is 10.6 Å². The van der Waals surface area contributed by atoms with E-state index in [0.717, 1.165) is 26.8 Å². The van der Waals surface area contributed by atoms with Crippen LogP contribution in [0.4, 0.5) is 0 Å². The van der Waals surface area contributed by atoms with E-state index in [1.807, 2.05) is 35.7 Å². The van der Waals surface area contributed by atoms with E-state index in [1.165, 1.54) is 17.3 Å². The van der Waals surface area contributed by atoms with Crippen LogP contribution in [0.2, 0.25) is 0 Å². The van der Waals surface area contributed by atoms with E-state index in [2.05, 4.69) is 47.1 Å². The highest BCUT2D eigenvalue weighted by atomic mass is 32.2. The molecule has 0 atom stereocenters. The molecule has 0 aliphatic carbocycles. The Morgan fingerprint density at radius 2 is 1.93 bits per heavy atom. The topological polar surface area (TPSA) is 46.9 Å². The Labute approximate surface area is 166 Å². The molecule has 0 aliphatic rings. The lowest BCUT2D eigenvalue weighted by molar-refractivity contribution is -0.118. The van der Waals surface area contributed by atoms with Crippen LogP contribution in [0.3, 0.4) is 0 Å². The van der Waals surface area contributed by atoms with E-state index in [4.69, 9.17) is 4.98 Å². The molecule has 4 aromatic rings. The number of carbonyl (C=O) groups is 1. The minimum Gasteiger partial charge on any atom is -0.350 e. The molecule has 0 saturated heterocycles. The zero-order valence-corrected chi connectivity index (χ0v) is 16.5. The van der Waals surface area contributed by atoms with Crippen molar-refractivity contribution in [3.63, 3.8) is 0 Å². The van der Waals surface area contributed by atoms with Crippen LogP contribution in [0, 0.1) is 6.92 Å². The first-order valence-corrected chi connectivity index (χ1v) is 10.5. The van der Waals surface area contributed by atoms with Gasteiger partial charge in [-0.3, -0.25) is 9.36 Å². The van der Waals surface area contributed by atoms with E-state index in [9.17, 15) is 4.79 Å². The van der Waals surface area contributed by atoms with Crippen molar-refractivity contribution in [1.29, 1.82) is 0 Å². The maximum absolute atomic E-state index is 12.3. The molecule has 0 spiro atoms. The van der Waals surface area contributed by atoms with Crippen molar-refractivity contribution in [3.8, 4) is 5.69 Å². The number of nitrogens with one attached hydrogen (secondary N) is 1. The number of benzene rings is 2. The smallest absolute Gasteiger partial charge is 0.230 e. The number of rotatable bonds is 6. The van der Waals surface area contributed by atoms with E-state index >= 15 is 0 Å². The van der Waals surface area contributed by atoms with Crippen molar-refractivity contribution in [2.45, 2.75) is 18.6 Å². The quantitative estimate of drug-likeness (QED) is 0.479. The molecule has 27 heavy (non-hydrogen) atoms. The number of aromatic nitrogens is 2. The number of aryl methyl sites for hydroxylation is 1. The molecule has 1 amide bonds. The first-order chi connectivity index (χ1) is 13.2. The highest BCUT2D eigenvalue weighted by Gasteiger charge is 2.14. The Balaban J connectivity index is 1.55. The fraction of sp³-hybridized carbons (Fsp3) is 0.143. The number of thioether (sulfide) groups is 1. The standard InChI is InChI=1S/C21H19N3OS2/c1-15-8-10-16(11-9-15)24-19-7-3-2-6-18(19)23-21(24)27-14-20(25)22-13-17-5-4-12-26-17/h2-12H,13-14H2,1H3,(H,22,25). The zero-order valence-electron chi connectivity index (χ0n) is 14.9. The Hall–Kier alpha value is -2.57. The van der Waals surface area contributed by atoms with Gasteiger partial charge in [0.2, 0.25) is 5.91 Å². The molecule has 0 radical (unpaired) electrons. The SMILES string of the molecule is Cc1ccc(-n2c(SCC(=O)NCc3cccs3)nc3ccccc32)cc1. The molecule has 0 unspecified atom stereocenters. The third-order valence-electron chi connectivity index (χ3n) is 4.19. The van der Waals surface area contributed by atoms with Crippen molar-refractivity contribution in [3.05, 3.63) is 76.5 Å². The number of nitrogens with zero attached hydrogens (tertiary/aromatic N) is 2. The van der Waals surface area contributed by atoms with Crippen molar-refractivity contribution in [2.24, 2.45) is 0 Å². The van der Waals surface area contributed by atoms with Crippen LogP contribution in [0.15, 0.2) is 71.2 Å². The summed E-state index contributed by atoms with van der Waals surface area (Å²) in [5.74, 6) is 0.344. The molecule has 2 aromatic carbocycles. The van der Waals surface area contributed by atoms with Gasteiger partial charge in [-0.15, -0.1) is 11.3 Å². The Morgan fingerprint density at radius 3 is 2.70 bits per heavy atom. The van der Waals surface area contributed by atoms with Gasteiger partial charge in [0.25, 0.3) is 0 Å². The lowest BCUT2D eigenvalue weighted by Gasteiger charge is -2.09. The summed E-state index contributed by atoms with van der Waals surface area (Å²) >= 11 is 3.11. The van der Waals surface area contributed by atoms with Crippen molar-refractivity contribution in [2.75, 3.05) is 5.75 Å². The predicted octanol–water partition coefficient (Wildman–Crippen LogP) is 4.80. The van der Waals surface area contributed by atoms with Gasteiger partial charge in [0.15, 0.2) is 5.16 Å². The number of para-hydroxylation sites is 2. The molecule has 2 aromatic heterocycles. The number of hydrogen-bond donors (Lipinski definition) is 1. The van der Waals surface area contributed by atoms with Crippen LogP contribution >= 0.6 is 23.1 Å². The molecule has 2 heterocycles. The van der Waals surface area contributed by atoms with E-state index in [0.29, 0.717) is 12.3 Å². The van der Waals surface area contributed by atoms with Crippen molar-refractivity contribution >= 4 is 40.0 Å². The number of fused-ring (bicyclic) bond motifs is 1. The van der Waals surface area contributed by atoms with E-state index < -0.39 is 0 Å². The molecule has 6 heteroatoms. The third kappa shape index (κ3) is 4.07. The first kappa shape index (κ1) is 17.8. The van der Waals surface area contributed by atoms with Gasteiger partial charge in [-0.2, -0.15) is 0 Å². The maximum Gasteiger partial charge on any atom is 0.230 e. The van der Waals surface area contributed by atoms with Crippen LogP contribution in [0.1, 0.15) is 10.4 Å². The zero-order chi connectivity index (χ0) is 18.6. The number of amides is 1. The molecule has 0 saturated carbocycles. The van der Waals surface area contributed by atoms with Crippen LogP contribution in [0.25, 0.3) is 16.7 Å². The minimum absolute atomic E-state index is 0.0101.